The summed E-state index contributed by atoms with van der Waals surface area (Å²) in [6, 6.07) is 16.8. The SMILES string of the molecule is COc1ccc(N2CC[NH+](CC(=O)N3c4ccccc4C[C@@H]3C)CC2)cc1. The van der Waals surface area contributed by atoms with Gasteiger partial charge in [-0.3, -0.25) is 4.79 Å². The molecule has 2 heterocycles. The number of carbonyl (C=O) groups excluding carboxylic acids is 1. The van der Waals surface area contributed by atoms with E-state index in [-0.39, 0.29) is 11.9 Å². The third-order valence-electron chi connectivity index (χ3n) is 5.79. The molecule has 0 saturated carbocycles. The highest BCUT2D eigenvalue weighted by atomic mass is 16.5. The third kappa shape index (κ3) is 3.65. The monoisotopic (exact) mass is 366 g/mol. The summed E-state index contributed by atoms with van der Waals surface area (Å²) in [6.45, 7) is 6.65. The molecule has 1 fully saturated rings. The lowest BCUT2D eigenvalue weighted by atomic mass is 10.1. The molecule has 27 heavy (non-hydrogen) atoms. The fourth-order valence-corrected chi connectivity index (χ4v) is 4.30. The fraction of sp³-hybridized carbons (Fsp3) is 0.409. The van der Waals surface area contributed by atoms with Crippen LogP contribution in [0.5, 0.6) is 5.75 Å². The lowest BCUT2D eigenvalue weighted by Gasteiger charge is -2.34. The predicted molar refractivity (Wildman–Crippen MR) is 108 cm³/mol. The van der Waals surface area contributed by atoms with E-state index in [2.05, 4.69) is 42.2 Å². The van der Waals surface area contributed by atoms with Crippen LogP contribution in [0.15, 0.2) is 48.5 Å². The van der Waals surface area contributed by atoms with E-state index in [1.165, 1.54) is 16.2 Å². The molecule has 5 nitrogen and oxygen atoms in total. The van der Waals surface area contributed by atoms with Crippen LogP contribution in [0.25, 0.3) is 0 Å². The van der Waals surface area contributed by atoms with Crippen molar-refractivity contribution in [2.45, 2.75) is 19.4 Å². The molecule has 2 aliphatic heterocycles. The van der Waals surface area contributed by atoms with Crippen LogP contribution in [0.1, 0.15) is 12.5 Å². The topological polar surface area (TPSA) is 37.2 Å². The molecule has 0 spiro atoms. The van der Waals surface area contributed by atoms with Crippen molar-refractivity contribution < 1.29 is 14.4 Å². The van der Waals surface area contributed by atoms with Crippen molar-refractivity contribution in [3.05, 3.63) is 54.1 Å². The second-order valence-electron chi connectivity index (χ2n) is 7.56. The summed E-state index contributed by atoms with van der Waals surface area (Å²) in [5, 5.41) is 0. The Kier molecular flexibility index (Phi) is 5.03. The molecule has 0 radical (unpaired) electrons. The molecule has 0 aliphatic carbocycles. The Balaban J connectivity index is 1.34. The summed E-state index contributed by atoms with van der Waals surface area (Å²) in [5.74, 6) is 1.13. The molecule has 4 rings (SSSR count). The van der Waals surface area contributed by atoms with Gasteiger partial charge in [-0.2, -0.15) is 0 Å². The van der Waals surface area contributed by atoms with E-state index >= 15 is 0 Å². The summed E-state index contributed by atoms with van der Waals surface area (Å²) in [7, 11) is 1.69. The van der Waals surface area contributed by atoms with Gasteiger partial charge in [0.2, 0.25) is 0 Å². The third-order valence-corrected chi connectivity index (χ3v) is 5.79. The first kappa shape index (κ1) is 17.9. The molecule has 1 atom stereocenters. The van der Waals surface area contributed by atoms with E-state index in [1.807, 2.05) is 23.1 Å². The van der Waals surface area contributed by atoms with Crippen LogP contribution in [0.3, 0.4) is 0 Å². The van der Waals surface area contributed by atoms with Crippen LogP contribution < -0.4 is 19.4 Å². The highest BCUT2D eigenvalue weighted by Crippen LogP contribution is 2.31. The average Bonchev–Trinajstić information content (AvgIpc) is 3.04. The maximum Gasteiger partial charge on any atom is 0.282 e. The van der Waals surface area contributed by atoms with E-state index in [9.17, 15) is 4.79 Å². The number of piperazine rings is 1. The van der Waals surface area contributed by atoms with Crippen molar-refractivity contribution >= 4 is 17.3 Å². The number of ether oxygens (including phenoxy) is 1. The minimum absolute atomic E-state index is 0.250. The number of quaternary nitrogens is 1. The van der Waals surface area contributed by atoms with Gasteiger partial charge >= 0.3 is 0 Å². The number of para-hydroxylation sites is 1. The van der Waals surface area contributed by atoms with Crippen molar-refractivity contribution in [1.29, 1.82) is 0 Å². The number of rotatable bonds is 4. The van der Waals surface area contributed by atoms with Gasteiger partial charge in [-0.1, -0.05) is 18.2 Å². The number of amides is 1. The molecule has 0 unspecified atom stereocenters. The van der Waals surface area contributed by atoms with Crippen LogP contribution in [0, 0.1) is 0 Å². The summed E-state index contributed by atoms with van der Waals surface area (Å²) in [6.07, 6.45) is 0.961. The zero-order valence-electron chi connectivity index (χ0n) is 16.1. The highest BCUT2D eigenvalue weighted by Gasteiger charge is 2.33. The van der Waals surface area contributed by atoms with Crippen molar-refractivity contribution in [1.82, 2.24) is 0 Å². The summed E-state index contributed by atoms with van der Waals surface area (Å²) in [5.41, 5.74) is 3.62. The molecule has 0 aromatic heterocycles. The molecule has 1 saturated heterocycles. The smallest absolute Gasteiger partial charge is 0.282 e. The van der Waals surface area contributed by atoms with Gasteiger partial charge in [0.05, 0.1) is 33.3 Å². The highest BCUT2D eigenvalue weighted by molar-refractivity contribution is 5.96. The zero-order chi connectivity index (χ0) is 18.8. The first-order chi connectivity index (χ1) is 13.2. The largest absolute Gasteiger partial charge is 0.497 e. The summed E-state index contributed by atoms with van der Waals surface area (Å²) in [4.78, 5) is 18.8. The van der Waals surface area contributed by atoms with Crippen LogP contribution in [0.4, 0.5) is 11.4 Å². The van der Waals surface area contributed by atoms with Crippen molar-refractivity contribution in [2.75, 3.05) is 49.6 Å². The Labute approximate surface area is 161 Å². The zero-order valence-corrected chi connectivity index (χ0v) is 16.1. The van der Waals surface area contributed by atoms with Crippen molar-refractivity contribution in [3.8, 4) is 5.75 Å². The first-order valence-electron chi connectivity index (χ1n) is 9.78. The van der Waals surface area contributed by atoms with E-state index < -0.39 is 0 Å². The molecule has 2 aromatic carbocycles. The molecule has 1 amide bonds. The number of hydrogen-bond acceptors (Lipinski definition) is 3. The van der Waals surface area contributed by atoms with Gasteiger partial charge in [0, 0.05) is 17.4 Å². The van der Waals surface area contributed by atoms with Crippen LogP contribution in [-0.2, 0) is 11.2 Å². The number of methoxy groups -OCH3 is 1. The minimum Gasteiger partial charge on any atom is -0.497 e. The first-order valence-corrected chi connectivity index (χ1v) is 9.78. The van der Waals surface area contributed by atoms with Crippen LogP contribution in [-0.4, -0.2) is 51.8 Å². The van der Waals surface area contributed by atoms with Gasteiger partial charge in [-0.15, -0.1) is 0 Å². The molecule has 0 bridgehead atoms. The van der Waals surface area contributed by atoms with Crippen molar-refractivity contribution in [2.24, 2.45) is 0 Å². The van der Waals surface area contributed by atoms with Gasteiger partial charge in [0.15, 0.2) is 6.54 Å². The Morgan fingerprint density at radius 2 is 1.81 bits per heavy atom. The molecule has 2 aliphatic rings. The minimum atomic E-state index is 0.250. The maximum absolute atomic E-state index is 13.0. The maximum atomic E-state index is 13.0. The lowest BCUT2D eigenvalue weighted by molar-refractivity contribution is -0.892. The number of hydrogen-bond donors (Lipinski definition) is 1. The standard InChI is InChI=1S/C22H27N3O2/c1-17-15-18-5-3-4-6-21(18)25(17)22(26)16-23-11-13-24(14-12-23)19-7-9-20(27-2)10-8-19/h3-10,17H,11-16H2,1-2H3/p+1/t17-/m0/s1. The quantitative estimate of drug-likeness (QED) is 0.888. The number of nitrogens with zero attached hydrogens (tertiary/aromatic N) is 2. The Morgan fingerprint density at radius 3 is 2.52 bits per heavy atom. The molecular weight excluding hydrogens is 338 g/mol. The Bertz CT molecular complexity index is 797. The number of carbonyl (C=O) groups is 1. The number of benzene rings is 2. The van der Waals surface area contributed by atoms with Gasteiger partial charge in [0.1, 0.15) is 5.75 Å². The molecule has 2 aromatic rings. The van der Waals surface area contributed by atoms with E-state index in [0.29, 0.717) is 6.54 Å². The normalized spacial score (nSPS) is 19.9. The molecule has 5 heteroatoms. The molecule has 142 valence electrons. The van der Waals surface area contributed by atoms with Gasteiger partial charge < -0.3 is 19.4 Å². The van der Waals surface area contributed by atoms with Gasteiger partial charge in [0.25, 0.3) is 5.91 Å². The fourth-order valence-electron chi connectivity index (χ4n) is 4.30. The van der Waals surface area contributed by atoms with Crippen LogP contribution in [0.2, 0.25) is 0 Å². The van der Waals surface area contributed by atoms with E-state index in [1.54, 1.807) is 7.11 Å². The Morgan fingerprint density at radius 1 is 1.11 bits per heavy atom. The Hall–Kier alpha value is -2.53. The van der Waals surface area contributed by atoms with Crippen molar-refractivity contribution in [3.63, 3.8) is 0 Å². The lowest BCUT2D eigenvalue weighted by Crippen LogP contribution is -3.16. The molecular formula is C22H28N3O2+. The van der Waals surface area contributed by atoms with E-state index in [0.717, 1.165) is 44.0 Å². The average molecular weight is 366 g/mol. The van der Waals surface area contributed by atoms with Gasteiger partial charge in [-0.05, 0) is 49.2 Å². The number of anilines is 2. The predicted octanol–water partition coefficient (Wildman–Crippen LogP) is 1.38. The van der Waals surface area contributed by atoms with E-state index in [4.69, 9.17) is 4.74 Å². The van der Waals surface area contributed by atoms with Crippen LogP contribution >= 0.6 is 0 Å². The summed E-state index contributed by atoms with van der Waals surface area (Å²) < 4.78 is 5.23. The second kappa shape index (κ2) is 7.61. The number of fused-ring (bicyclic) bond motifs is 1. The number of nitrogens with one attached hydrogen (secondary N) is 1. The summed E-state index contributed by atoms with van der Waals surface area (Å²) >= 11 is 0. The molecule has 1 N–H and O–H groups in total. The van der Waals surface area contributed by atoms with Gasteiger partial charge in [-0.25, -0.2) is 0 Å². The second-order valence-corrected chi connectivity index (χ2v) is 7.56.